The predicted molar refractivity (Wildman–Crippen MR) is 87.1 cm³/mol. The summed E-state index contributed by atoms with van der Waals surface area (Å²) < 4.78 is 0. The molecule has 0 aliphatic rings. The van der Waals surface area contributed by atoms with Gasteiger partial charge in [0.15, 0.2) is 5.16 Å². The minimum atomic E-state index is -0.145. The zero-order valence-electron chi connectivity index (χ0n) is 12.2. The fourth-order valence-electron chi connectivity index (χ4n) is 1.82. The Kier molecular flexibility index (Phi) is 5.45. The molecular formula is C15H18ClN3OS. The highest BCUT2D eigenvalue weighted by Crippen LogP contribution is 2.31. The lowest BCUT2D eigenvalue weighted by Gasteiger charge is -2.13. The molecule has 0 spiro atoms. The van der Waals surface area contributed by atoms with Gasteiger partial charge in [-0.15, -0.1) is 0 Å². The molecule has 0 unspecified atom stereocenters. The maximum Gasteiger partial charge on any atom is 0.251 e. The SMILES string of the molecule is Cc1cc(=O)[nH]c(Sc2cccc(Cl)c2CNC(C)C)n1. The van der Waals surface area contributed by atoms with Gasteiger partial charge < -0.3 is 10.3 Å². The molecule has 0 aliphatic heterocycles. The van der Waals surface area contributed by atoms with E-state index in [1.165, 1.54) is 17.8 Å². The Morgan fingerprint density at radius 1 is 1.43 bits per heavy atom. The number of aryl methyl sites for hydroxylation is 1. The van der Waals surface area contributed by atoms with Gasteiger partial charge in [0.05, 0.1) is 0 Å². The van der Waals surface area contributed by atoms with Crippen LogP contribution >= 0.6 is 23.4 Å². The molecule has 2 N–H and O–H groups in total. The summed E-state index contributed by atoms with van der Waals surface area (Å²) in [6.45, 7) is 6.65. The van der Waals surface area contributed by atoms with Crippen molar-refractivity contribution in [3.8, 4) is 0 Å². The zero-order valence-corrected chi connectivity index (χ0v) is 13.8. The van der Waals surface area contributed by atoms with E-state index in [4.69, 9.17) is 11.6 Å². The van der Waals surface area contributed by atoms with Crippen LogP contribution in [0, 0.1) is 6.92 Å². The number of halogens is 1. The molecule has 1 aromatic heterocycles. The minimum Gasteiger partial charge on any atom is -0.310 e. The van der Waals surface area contributed by atoms with Crippen molar-refractivity contribution in [3.63, 3.8) is 0 Å². The van der Waals surface area contributed by atoms with Crippen LogP contribution in [0.25, 0.3) is 0 Å². The summed E-state index contributed by atoms with van der Waals surface area (Å²) in [5.41, 5.74) is 1.57. The first-order valence-electron chi connectivity index (χ1n) is 6.72. The maximum atomic E-state index is 11.5. The van der Waals surface area contributed by atoms with Crippen LogP contribution in [-0.2, 0) is 6.54 Å². The number of nitrogens with zero attached hydrogens (tertiary/aromatic N) is 1. The van der Waals surface area contributed by atoms with Crippen molar-refractivity contribution in [2.75, 3.05) is 0 Å². The van der Waals surface area contributed by atoms with E-state index in [1.54, 1.807) is 6.92 Å². The van der Waals surface area contributed by atoms with Gasteiger partial charge in [0.1, 0.15) is 0 Å². The number of aromatic amines is 1. The smallest absolute Gasteiger partial charge is 0.251 e. The largest absolute Gasteiger partial charge is 0.310 e. The van der Waals surface area contributed by atoms with Crippen LogP contribution in [0.5, 0.6) is 0 Å². The molecule has 2 aromatic rings. The van der Waals surface area contributed by atoms with E-state index in [9.17, 15) is 4.79 Å². The summed E-state index contributed by atoms with van der Waals surface area (Å²) in [7, 11) is 0. The van der Waals surface area contributed by atoms with Crippen molar-refractivity contribution in [1.29, 1.82) is 0 Å². The molecule has 0 amide bonds. The Morgan fingerprint density at radius 3 is 2.86 bits per heavy atom. The van der Waals surface area contributed by atoms with E-state index in [-0.39, 0.29) is 5.56 Å². The molecule has 112 valence electrons. The topological polar surface area (TPSA) is 57.8 Å². The van der Waals surface area contributed by atoms with Crippen molar-refractivity contribution >= 4 is 23.4 Å². The van der Waals surface area contributed by atoms with Crippen molar-refractivity contribution in [2.24, 2.45) is 0 Å². The van der Waals surface area contributed by atoms with Crippen LogP contribution in [-0.4, -0.2) is 16.0 Å². The molecule has 0 aliphatic carbocycles. The molecule has 0 bridgehead atoms. The standard InChI is InChI=1S/C15H18ClN3OS/c1-9(2)17-8-11-12(16)5-4-6-13(11)21-15-18-10(3)7-14(20)19-15/h4-7,9,17H,8H2,1-3H3,(H,18,19,20). The number of benzene rings is 1. The van der Waals surface area contributed by atoms with E-state index >= 15 is 0 Å². The van der Waals surface area contributed by atoms with E-state index in [0.29, 0.717) is 28.5 Å². The summed E-state index contributed by atoms with van der Waals surface area (Å²) in [4.78, 5) is 19.6. The lowest BCUT2D eigenvalue weighted by Crippen LogP contribution is -2.22. The quantitative estimate of drug-likeness (QED) is 0.828. The van der Waals surface area contributed by atoms with Gasteiger partial charge in [0.25, 0.3) is 5.56 Å². The van der Waals surface area contributed by atoms with Gasteiger partial charge in [-0.3, -0.25) is 4.79 Å². The van der Waals surface area contributed by atoms with Crippen LogP contribution in [0.1, 0.15) is 25.1 Å². The minimum absolute atomic E-state index is 0.145. The van der Waals surface area contributed by atoms with Crippen molar-refractivity contribution in [1.82, 2.24) is 15.3 Å². The molecule has 0 atom stereocenters. The Labute approximate surface area is 133 Å². The van der Waals surface area contributed by atoms with Gasteiger partial charge >= 0.3 is 0 Å². The zero-order chi connectivity index (χ0) is 15.4. The van der Waals surface area contributed by atoms with E-state index in [1.807, 2.05) is 18.2 Å². The van der Waals surface area contributed by atoms with Gasteiger partial charge in [0, 0.05) is 34.3 Å². The summed E-state index contributed by atoms with van der Waals surface area (Å²) in [5, 5.41) is 4.65. The van der Waals surface area contributed by atoms with Gasteiger partial charge in [-0.05, 0) is 24.6 Å². The monoisotopic (exact) mass is 323 g/mol. The lowest BCUT2D eigenvalue weighted by molar-refractivity contribution is 0.585. The Hall–Kier alpha value is -1.30. The van der Waals surface area contributed by atoms with Crippen LogP contribution in [0.3, 0.4) is 0 Å². The summed E-state index contributed by atoms with van der Waals surface area (Å²) in [5.74, 6) is 0. The molecule has 0 saturated carbocycles. The van der Waals surface area contributed by atoms with Crippen LogP contribution in [0.4, 0.5) is 0 Å². The first-order valence-corrected chi connectivity index (χ1v) is 7.91. The number of H-pyrrole nitrogens is 1. The highest BCUT2D eigenvalue weighted by molar-refractivity contribution is 7.99. The average molecular weight is 324 g/mol. The maximum absolute atomic E-state index is 11.5. The number of rotatable bonds is 5. The Bertz CT molecular complexity index is 685. The van der Waals surface area contributed by atoms with E-state index < -0.39 is 0 Å². The Balaban J connectivity index is 2.30. The van der Waals surface area contributed by atoms with Crippen LogP contribution in [0.2, 0.25) is 5.02 Å². The number of hydrogen-bond acceptors (Lipinski definition) is 4. The Morgan fingerprint density at radius 2 is 2.19 bits per heavy atom. The number of hydrogen-bond donors (Lipinski definition) is 2. The van der Waals surface area contributed by atoms with Crippen molar-refractivity contribution in [3.05, 3.63) is 50.9 Å². The van der Waals surface area contributed by atoms with Gasteiger partial charge in [-0.2, -0.15) is 0 Å². The molecule has 1 aromatic carbocycles. The normalized spacial score (nSPS) is 11.1. The first kappa shape index (κ1) is 16.1. The van der Waals surface area contributed by atoms with Crippen molar-refractivity contribution < 1.29 is 0 Å². The predicted octanol–water partition coefficient (Wildman–Crippen LogP) is 3.38. The molecular weight excluding hydrogens is 306 g/mol. The third-order valence-electron chi connectivity index (χ3n) is 2.82. The highest BCUT2D eigenvalue weighted by atomic mass is 35.5. The lowest BCUT2D eigenvalue weighted by atomic mass is 10.2. The van der Waals surface area contributed by atoms with Gasteiger partial charge in [-0.1, -0.05) is 43.3 Å². The third-order valence-corrected chi connectivity index (χ3v) is 4.16. The van der Waals surface area contributed by atoms with Crippen LogP contribution in [0.15, 0.2) is 39.1 Å². The third kappa shape index (κ3) is 4.59. The van der Waals surface area contributed by atoms with Gasteiger partial charge in [0.2, 0.25) is 0 Å². The summed E-state index contributed by atoms with van der Waals surface area (Å²) >= 11 is 7.71. The molecule has 1 heterocycles. The first-order chi connectivity index (χ1) is 9.95. The fraction of sp³-hybridized carbons (Fsp3) is 0.333. The fourth-order valence-corrected chi connectivity index (χ4v) is 3.12. The molecule has 0 saturated heterocycles. The van der Waals surface area contributed by atoms with E-state index in [0.717, 1.165) is 10.5 Å². The second-order valence-electron chi connectivity index (χ2n) is 5.05. The molecule has 2 rings (SSSR count). The van der Waals surface area contributed by atoms with Crippen molar-refractivity contribution in [2.45, 2.75) is 43.4 Å². The second-order valence-corrected chi connectivity index (χ2v) is 6.48. The van der Waals surface area contributed by atoms with Gasteiger partial charge in [-0.25, -0.2) is 4.98 Å². The highest BCUT2D eigenvalue weighted by Gasteiger charge is 2.10. The molecule has 0 fully saturated rings. The molecule has 6 heteroatoms. The molecule has 4 nitrogen and oxygen atoms in total. The summed E-state index contributed by atoms with van der Waals surface area (Å²) in [6.07, 6.45) is 0. The number of aromatic nitrogens is 2. The average Bonchev–Trinajstić information content (AvgIpc) is 2.36. The summed E-state index contributed by atoms with van der Waals surface area (Å²) in [6, 6.07) is 7.60. The molecule has 21 heavy (non-hydrogen) atoms. The molecule has 0 radical (unpaired) electrons. The number of nitrogens with one attached hydrogen (secondary N) is 2. The van der Waals surface area contributed by atoms with E-state index in [2.05, 4.69) is 29.1 Å². The second kappa shape index (κ2) is 7.11. The van der Waals surface area contributed by atoms with Crippen LogP contribution < -0.4 is 10.9 Å².